The van der Waals surface area contributed by atoms with E-state index in [1.165, 1.54) is 39.2 Å². The Hall–Kier alpha value is -4.41. The quantitative estimate of drug-likeness (QED) is 0.233. The minimum absolute atomic E-state index is 0.0506. The first-order valence-corrected chi connectivity index (χ1v) is 10.1. The van der Waals surface area contributed by atoms with Crippen molar-refractivity contribution >= 4 is 35.2 Å². The molecule has 0 spiro atoms. The molecule has 0 aliphatic carbocycles. The van der Waals surface area contributed by atoms with Crippen LogP contribution in [0.2, 0.25) is 0 Å². The fraction of sp³-hybridized carbons (Fsp3) is 0.261. The molecule has 2 atom stereocenters. The predicted molar refractivity (Wildman–Crippen MR) is 123 cm³/mol. The van der Waals surface area contributed by atoms with Crippen LogP contribution in [0, 0.1) is 10.1 Å². The monoisotopic (exact) mass is 471 g/mol. The summed E-state index contributed by atoms with van der Waals surface area (Å²) in [6, 6.07) is 9.67. The van der Waals surface area contributed by atoms with E-state index in [1.807, 2.05) is 0 Å². The molecule has 0 saturated heterocycles. The summed E-state index contributed by atoms with van der Waals surface area (Å²) in [6.45, 7) is 2.74. The molecule has 0 fully saturated rings. The van der Waals surface area contributed by atoms with Gasteiger partial charge < -0.3 is 24.8 Å². The number of methoxy groups -OCH3 is 2. The smallest absolute Gasteiger partial charge is 0.329 e. The van der Waals surface area contributed by atoms with Gasteiger partial charge in [0.15, 0.2) is 6.10 Å². The number of amides is 2. The highest BCUT2D eigenvalue weighted by Crippen LogP contribution is 2.29. The van der Waals surface area contributed by atoms with E-state index in [-0.39, 0.29) is 17.1 Å². The van der Waals surface area contributed by atoms with Gasteiger partial charge in [-0.2, -0.15) is 0 Å². The van der Waals surface area contributed by atoms with Crippen LogP contribution >= 0.6 is 0 Å². The molecule has 0 aromatic heterocycles. The predicted octanol–water partition coefficient (Wildman–Crippen LogP) is 2.70. The molecule has 2 amide bonds. The van der Waals surface area contributed by atoms with Gasteiger partial charge in [0.1, 0.15) is 17.5 Å². The minimum Gasteiger partial charge on any atom is -0.497 e. The van der Waals surface area contributed by atoms with Crippen molar-refractivity contribution < 1.29 is 33.5 Å². The van der Waals surface area contributed by atoms with Crippen molar-refractivity contribution in [2.45, 2.75) is 26.0 Å². The fourth-order valence-electron chi connectivity index (χ4n) is 2.68. The number of hydrogen-bond acceptors (Lipinski definition) is 8. The third-order valence-corrected chi connectivity index (χ3v) is 4.57. The summed E-state index contributed by atoms with van der Waals surface area (Å²) in [4.78, 5) is 47.2. The molecule has 11 heteroatoms. The normalized spacial score (nSPS) is 12.4. The van der Waals surface area contributed by atoms with Crippen LogP contribution in [0.5, 0.6) is 11.5 Å². The van der Waals surface area contributed by atoms with Gasteiger partial charge in [0.25, 0.3) is 11.6 Å². The zero-order valence-corrected chi connectivity index (χ0v) is 19.1. The first-order valence-electron chi connectivity index (χ1n) is 10.1. The number of carbonyl (C=O) groups excluding carboxylic acids is 3. The Kier molecular flexibility index (Phi) is 9.12. The third-order valence-electron chi connectivity index (χ3n) is 4.57. The number of esters is 1. The first-order chi connectivity index (χ1) is 16.1. The first kappa shape index (κ1) is 25.8. The second-order valence-electron chi connectivity index (χ2n) is 7.05. The number of hydrogen-bond donors (Lipinski definition) is 2. The maximum Gasteiger partial charge on any atom is 0.329 e. The van der Waals surface area contributed by atoms with Gasteiger partial charge in [-0.15, -0.1) is 0 Å². The van der Waals surface area contributed by atoms with Gasteiger partial charge in [0, 0.05) is 18.2 Å². The Morgan fingerprint density at radius 1 is 1.03 bits per heavy atom. The Labute approximate surface area is 195 Å². The van der Waals surface area contributed by atoms with Crippen molar-refractivity contribution in [3.05, 3.63) is 64.2 Å². The summed E-state index contributed by atoms with van der Waals surface area (Å²) in [5.74, 6) is -1.22. The summed E-state index contributed by atoms with van der Waals surface area (Å²) in [6.07, 6.45) is 1.58. The number of nitrogens with zero attached hydrogens (tertiary/aromatic N) is 1. The summed E-state index contributed by atoms with van der Waals surface area (Å²) < 4.78 is 15.3. The molecular weight excluding hydrogens is 446 g/mol. The summed E-state index contributed by atoms with van der Waals surface area (Å²) in [7, 11) is 2.89. The number of carbonyl (C=O) groups is 3. The molecule has 2 aromatic carbocycles. The van der Waals surface area contributed by atoms with Gasteiger partial charge in [-0.25, -0.2) is 4.79 Å². The molecule has 180 valence electrons. The number of non-ortho nitro benzene ring substituents is 1. The molecule has 0 bridgehead atoms. The standard InChI is InChI=1S/C23H25N3O8/c1-14(24-21(27)12-7-16-5-9-18(32-3)10-6-16)23(29)34-15(2)22(28)25-19-13-17(26(30)31)8-11-20(19)33-4/h5-15H,1-4H3,(H,24,27)(H,25,28). The second-order valence-corrected chi connectivity index (χ2v) is 7.05. The molecule has 2 N–H and O–H groups in total. The average molecular weight is 471 g/mol. The van der Waals surface area contributed by atoms with Crippen molar-refractivity contribution in [3.8, 4) is 11.5 Å². The molecule has 0 saturated carbocycles. The van der Waals surface area contributed by atoms with Crippen molar-refractivity contribution in [1.29, 1.82) is 0 Å². The number of benzene rings is 2. The van der Waals surface area contributed by atoms with Gasteiger partial charge >= 0.3 is 5.97 Å². The van der Waals surface area contributed by atoms with Crippen LogP contribution in [0.25, 0.3) is 6.08 Å². The molecular formula is C23H25N3O8. The van der Waals surface area contributed by atoms with Crippen molar-refractivity contribution in [2.75, 3.05) is 19.5 Å². The Bertz CT molecular complexity index is 1080. The highest BCUT2D eigenvalue weighted by atomic mass is 16.6. The van der Waals surface area contributed by atoms with Crippen LogP contribution in [0.1, 0.15) is 19.4 Å². The molecule has 0 aliphatic heterocycles. The topological polar surface area (TPSA) is 146 Å². The third kappa shape index (κ3) is 7.33. The number of nitro groups is 1. The molecule has 2 aromatic rings. The summed E-state index contributed by atoms with van der Waals surface area (Å²) in [5, 5.41) is 15.9. The molecule has 34 heavy (non-hydrogen) atoms. The zero-order chi connectivity index (χ0) is 25.3. The van der Waals surface area contributed by atoms with Crippen LogP contribution in [0.3, 0.4) is 0 Å². The summed E-state index contributed by atoms with van der Waals surface area (Å²) >= 11 is 0. The van der Waals surface area contributed by atoms with Crippen molar-refractivity contribution in [3.63, 3.8) is 0 Å². The Balaban J connectivity index is 1.92. The molecule has 2 rings (SSSR count). The van der Waals surface area contributed by atoms with Gasteiger partial charge in [-0.1, -0.05) is 12.1 Å². The van der Waals surface area contributed by atoms with Crippen LogP contribution in [-0.4, -0.2) is 49.1 Å². The molecule has 0 radical (unpaired) electrons. The second kappa shape index (κ2) is 12.0. The largest absolute Gasteiger partial charge is 0.497 e. The molecule has 11 nitrogen and oxygen atoms in total. The van der Waals surface area contributed by atoms with E-state index in [0.717, 1.165) is 11.6 Å². The van der Waals surface area contributed by atoms with Crippen molar-refractivity contribution in [1.82, 2.24) is 5.32 Å². The van der Waals surface area contributed by atoms with Crippen LogP contribution in [0.15, 0.2) is 48.5 Å². The Morgan fingerprint density at radius 3 is 2.29 bits per heavy atom. The SMILES string of the molecule is COc1ccc(C=CC(=O)NC(C)C(=O)OC(C)C(=O)Nc2cc([N+](=O)[O-])ccc2OC)cc1. The zero-order valence-electron chi connectivity index (χ0n) is 19.1. The van der Waals surface area contributed by atoms with E-state index in [4.69, 9.17) is 14.2 Å². The molecule has 0 heterocycles. The molecule has 2 unspecified atom stereocenters. The van der Waals surface area contributed by atoms with E-state index in [0.29, 0.717) is 5.75 Å². The van der Waals surface area contributed by atoms with E-state index < -0.39 is 34.9 Å². The lowest BCUT2D eigenvalue weighted by Gasteiger charge is -2.17. The number of rotatable bonds is 10. The highest BCUT2D eigenvalue weighted by molar-refractivity contribution is 5.98. The van der Waals surface area contributed by atoms with E-state index in [9.17, 15) is 24.5 Å². The minimum atomic E-state index is -1.24. The van der Waals surface area contributed by atoms with Gasteiger partial charge in [-0.3, -0.25) is 19.7 Å². The average Bonchev–Trinajstić information content (AvgIpc) is 2.82. The number of ether oxygens (including phenoxy) is 3. The summed E-state index contributed by atoms with van der Waals surface area (Å²) in [5.41, 5.74) is 0.558. The van der Waals surface area contributed by atoms with E-state index >= 15 is 0 Å². The maximum atomic E-state index is 12.4. The lowest BCUT2D eigenvalue weighted by atomic mass is 10.2. The van der Waals surface area contributed by atoms with Crippen LogP contribution < -0.4 is 20.1 Å². The van der Waals surface area contributed by atoms with Crippen LogP contribution in [0.4, 0.5) is 11.4 Å². The lowest BCUT2D eigenvalue weighted by Crippen LogP contribution is -2.41. The van der Waals surface area contributed by atoms with E-state index in [1.54, 1.807) is 37.5 Å². The van der Waals surface area contributed by atoms with E-state index in [2.05, 4.69) is 10.6 Å². The molecule has 0 aliphatic rings. The fourth-order valence-corrected chi connectivity index (χ4v) is 2.68. The number of anilines is 1. The van der Waals surface area contributed by atoms with Crippen molar-refractivity contribution in [2.24, 2.45) is 0 Å². The van der Waals surface area contributed by atoms with Gasteiger partial charge in [0.2, 0.25) is 5.91 Å². The highest BCUT2D eigenvalue weighted by Gasteiger charge is 2.24. The Morgan fingerprint density at radius 2 is 1.71 bits per heavy atom. The van der Waals surface area contributed by atoms with Gasteiger partial charge in [-0.05, 0) is 43.7 Å². The van der Waals surface area contributed by atoms with Crippen LogP contribution in [-0.2, 0) is 19.1 Å². The number of nitro benzene ring substituents is 1. The lowest BCUT2D eigenvalue weighted by molar-refractivity contribution is -0.384. The van der Waals surface area contributed by atoms with Gasteiger partial charge in [0.05, 0.1) is 24.8 Å². The number of nitrogens with one attached hydrogen (secondary N) is 2. The maximum absolute atomic E-state index is 12.4.